The SMILES string of the molecule is COC(=O)C1=C(C)NC(C(C)C)=C(C#N)C1c1cccc(C)n1. The Morgan fingerprint density at radius 1 is 1.39 bits per heavy atom. The number of methoxy groups -OCH3 is 1. The summed E-state index contributed by atoms with van der Waals surface area (Å²) in [4.78, 5) is 16.8. The molecule has 0 aromatic carbocycles. The zero-order valence-electron chi connectivity index (χ0n) is 14.1. The van der Waals surface area contributed by atoms with E-state index in [1.54, 1.807) is 0 Å². The minimum absolute atomic E-state index is 0.131. The van der Waals surface area contributed by atoms with E-state index >= 15 is 0 Å². The molecule has 1 atom stereocenters. The minimum Gasteiger partial charge on any atom is -0.466 e. The standard InChI is InChI=1S/C18H21N3O2/c1-10(2)17-13(9-19)16(14-8-6-7-11(3)20-14)15(12(4)21-17)18(22)23-5/h6-8,10,16,21H,1-5H3. The van der Waals surface area contributed by atoms with Gasteiger partial charge in [-0.15, -0.1) is 0 Å². The van der Waals surface area contributed by atoms with Gasteiger partial charge in [-0.2, -0.15) is 5.26 Å². The van der Waals surface area contributed by atoms with Gasteiger partial charge in [-0.05, 0) is 31.9 Å². The predicted molar refractivity (Wildman–Crippen MR) is 87.0 cm³/mol. The lowest BCUT2D eigenvalue weighted by Gasteiger charge is -2.30. The number of esters is 1. The second-order valence-electron chi connectivity index (χ2n) is 5.89. The lowest BCUT2D eigenvalue weighted by molar-refractivity contribution is -0.136. The van der Waals surface area contributed by atoms with Crippen molar-refractivity contribution in [2.24, 2.45) is 5.92 Å². The van der Waals surface area contributed by atoms with Crippen molar-refractivity contribution in [2.75, 3.05) is 7.11 Å². The number of carbonyl (C=O) groups excluding carboxylic acids is 1. The molecular weight excluding hydrogens is 290 g/mol. The molecule has 23 heavy (non-hydrogen) atoms. The molecule has 0 amide bonds. The van der Waals surface area contributed by atoms with Gasteiger partial charge in [0.1, 0.15) is 0 Å². The van der Waals surface area contributed by atoms with Crippen LogP contribution >= 0.6 is 0 Å². The first kappa shape index (κ1) is 16.8. The molecule has 0 radical (unpaired) electrons. The van der Waals surface area contributed by atoms with Gasteiger partial charge < -0.3 is 10.1 Å². The number of carbonyl (C=O) groups is 1. The lowest BCUT2D eigenvalue weighted by atomic mass is 9.81. The van der Waals surface area contributed by atoms with Gasteiger partial charge >= 0.3 is 5.97 Å². The fourth-order valence-electron chi connectivity index (χ4n) is 2.83. The molecule has 1 N–H and O–H groups in total. The molecule has 1 unspecified atom stereocenters. The monoisotopic (exact) mass is 311 g/mol. The Morgan fingerprint density at radius 3 is 2.61 bits per heavy atom. The van der Waals surface area contributed by atoms with Gasteiger partial charge in [0.2, 0.25) is 0 Å². The van der Waals surface area contributed by atoms with Gasteiger partial charge in [0.15, 0.2) is 0 Å². The minimum atomic E-state index is -0.508. The number of nitrogens with zero attached hydrogens (tertiary/aromatic N) is 2. The number of nitriles is 1. The van der Waals surface area contributed by atoms with E-state index in [1.807, 2.05) is 45.9 Å². The quantitative estimate of drug-likeness (QED) is 0.869. The van der Waals surface area contributed by atoms with Crippen molar-refractivity contribution in [1.82, 2.24) is 10.3 Å². The molecule has 0 fully saturated rings. The van der Waals surface area contributed by atoms with Crippen LogP contribution in [-0.4, -0.2) is 18.1 Å². The first-order chi connectivity index (χ1) is 10.9. The molecule has 1 aliphatic rings. The summed E-state index contributed by atoms with van der Waals surface area (Å²) >= 11 is 0. The second kappa shape index (κ2) is 6.66. The molecule has 1 aromatic heterocycles. The van der Waals surface area contributed by atoms with Gasteiger partial charge in [-0.25, -0.2) is 4.79 Å². The largest absolute Gasteiger partial charge is 0.466 e. The Bertz CT molecular complexity index is 739. The summed E-state index contributed by atoms with van der Waals surface area (Å²) in [5.74, 6) is -0.823. The van der Waals surface area contributed by atoms with Crippen LogP contribution in [0.4, 0.5) is 0 Å². The Hall–Kier alpha value is -2.61. The van der Waals surface area contributed by atoms with E-state index < -0.39 is 11.9 Å². The molecule has 0 bridgehead atoms. The Morgan fingerprint density at radius 2 is 2.09 bits per heavy atom. The molecule has 0 saturated carbocycles. The van der Waals surface area contributed by atoms with Crippen LogP contribution in [0.1, 0.15) is 38.1 Å². The fraction of sp³-hybridized carbons (Fsp3) is 0.389. The molecule has 5 heteroatoms. The summed E-state index contributed by atoms with van der Waals surface area (Å²) in [7, 11) is 1.34. The van der Waals surface area contributed by atoms with Crippen molar-refractivity contribution in [2.45, 2.75) is 33.6 Å². The first-order valence-corrected chi connectivity index (χ1v) is 7.54. The summed E-state index contributed by atoms with van der Waals surface area (Å²) in [6.45, 7) is 7.73. The van der Waals surface area contributed by atoms with Crippen molar-refractivity contribution < 1.29 is 9.53 Å². The third-order valence-corrected chi connectivity index (χ3v) is 3.90. The third kappa shape index (κ3) is 3.11. The lowest BCUT2D eigenvalue weighted by Crippen LogP contribution is -2.31. The van der Waals surface area contributed by atoms with Crippen molar-refractivity contribution >= 4 is 5.97 Å². The van der Waals surface area contributed by atoms with E-state index in [4.69, 9.17) is 4.74 Å². The van der Waals surface area contributed by atoms with Crippen LogP contribution in [-0.2, 0) is 9.53 Å². The number of hydrogen-bond donors (Lipinski definition) is 1. The molecule has 0 saturated heterocycles. The number of nitrogens with one attached hydrogen (secondary N) is 1. The zero-order chi connectivity index (χ0) is 17.1. The van der Waals surface area contributed by atoms with Gasteiger partial charge in [0, 0.05) is 17.1 Å². The van der Waals surface area contributed by atoms with Crippen LogP contribution in [0.2, 0.25) is 0 Å². The number of rotatable bonds is 3. The Kier molecular flexibility index (Phi) is 4.85. The molecule has 120 valence electrons. The highest BCUT2D eigenvalue weighted by Crippen LogP contribution is 2.39. The maximum absolute atomic E-state index is 12.3. The highest BCUT2D eigenvalue weighted by Gasteiger charge is 2.36. The second-order valence-corrected chi connectivity index (χ2v) is 5.89. The number of aryl methyl sites for hydroxylation is 1. The average Bonchev–Trinajstić information content (AvgIpc) is 2.52. The van der Waals surface area contributed by atoms with Gasteiger partial charge in [-0.1, -0.05) is 19.9 Å². The van der Waals surface area contributed by atoms with E-state index in [-0.39, 0.29) is 5.92 Å². The van der Waals surface area contributed by atoms with Crippen LogP contribution in [0, 0.1) is 24.2 Å². The third-order valence-electron chi connectivity index (χ3n) is 3.90. The van der Waals surface area contributed by atoms with E-state index in [2.05, 4.69) is 16.4 Å². The van der Waals surface area contributed by atoms with Crippen LogP contribution in [0.15, 0.2) is 40.7 Å². The first-order valence-electron chi connectivity index (χ1n) is 7.54. The molecular formula is C18H21N3O2. The van der Waals surface area contributed by atoms with E-state index in [0.717, 1.165) is 11.4 Å². The molecule has 2 heterocycles. The summed E-state index contributed by atoms with van der Waals surface area (Å²) < 4.78 is 4.93. The smallest absolute Gasteiger partial charge is 0.336 e. The van der Waals surface area contributed by atoms with Gasteiger partial charge in [0.05, 0.1) is 35.9 Å². The van der Waals surface area contributed by atoms with Gasteiger partial charge in [-0.3, -0.25) is 4.98 Å². The number of allylic oxidation sites excluding steroid dienone is 3. The maximum Gasteiger partial charge on any atom is 0.336 e. The van der Waals surface area contributed by atoms with Crippen molar-refractivity contribution in [3.8, 4) is 6.07 Å². The summed E-state index contributed by atoms with van der Waals surface area (Å²) in [6.07, 6.45) is 0. The zero-order valence-corrected chi connectivity index (χ0v) is 14.1. The highest BCUT2D eigenvalue weighted by molar-refractivity contribution is 5.92. The van der Waals surface area contributed by atoms with Crippen LogP contribution in [0.3, 0.4) is 0 Å². The van der Waals surface area contributed by atoms with E-state index in [0.29, 0.717) is 22.5 Å². The molecule has 1 aliphatic heterocycles. The maximum atomic E-state index is 12.3. The average molecular weight is 311 g/mol. The Balaban J connectivity index is 2.72. The summed E-state index contributed by atoms with van der Waals surface area (Å²) in [5, 5.41) is 12.9. The normalized spacial score (nSPS) is 17.9. The predicted octanol–water partition coefficient (Wildman–Crippen LogP) is 2.96. The fourth-order valence-corrected chi connectivity index (χ4v) is 2.83. The number of pyridine rings is 1. The molecule has 5 nitrogen and oxygen atoms in total. The summed E-state index contributed by atoms with van der Waals surface area (Å²) in [5.41, 5.74) is 4.00. The van der Waals surface area contributed by atoms with Crippen molar-refractivity contribution in [3.63, 3.8) is 0 Å². The van der Waals surface area contributed by atoms with Gasteiger partial charge in [0.25, 0.3) is 0 Å². The van der Waals surface area contributed by atoms with Crippen molar-refractivity contribution in [3.05, 3.63) is 52.1 Å². The molecule has 0 aliphatic carbocycles. The van der Waals surface area contributed by atoms with Crippen LogP contribution < -0.4 is 5.32 Å². The number of hydrogen-bond acceptors (Lipinski definition) is 5. The van der Waals surface area contributed by atoms with Crippen LogP contribution in [0.25, 0.3) is 0 Å². The number of aromatic nitrogens is 1. The number of ether oxygens (including phenoxy) is 1. The molecule has 1 aromatic rings. The Labute approximate surface area is 136 Å². The molecule has 0 spiro atoms. The summed E-state index contributed by atoms with van der Waals surface area (Å²) in [6, 6.07) is 7.88. The van der Waals surface area contributed by atoms with E-state index in [9.17, 15) is 10.1 Å². The number of dihydropyridines is 1. The van der Waals surface area contributed by atoms with Crippen molar-refractivity contribution in [1.29, 1.82) is 5.26 Å². The highest BCUT2D eigenvalue weighted by atomic mass is 16.5. The van der Waals surface area contributed by atoms with Crippen LogP contribution in [0.5, 0.6) is 0 Å². The van der Waals surface area contributed by atoms with E-state index in [1.165, 1.54) is 7.11 Å². The molecule has 2 rings (SSSR count). The topological polar surface area (TPSA) is 75.0 Å².